The average Bonchev–Trinajstić information content (AvgIpc) is 3.49. The van der Waals surface area contributed by atoms with Crippen molar-refractivity contribution in [3.8, 4) is 17.3 Å². The average molecular weight is 393 g/mol. The van der Waals surface area contributed by atoms with Gasteiger partial charge in [-0.2, -0.15) is 10.4 Å². The zero-order valence-corrected chi connectivity index (χ0v) is 16.9. The number of aliphatic hydroxyl groups is 1. The Morgan fingerprint density at radius 1 is 1.34 bits per heavy atom. The van der Waals surface area contributed by atoms with Gasteiger partial charge in [0.1, 0.15) is 18.7 Å². The predicted molar refractivity (Wildman–Crippen MR) is 111 cm³/mol. The maximum absolute atomic E-state index is 9.47. The normalized spacial score (nSPS) is 20.2. The number of fused-ring (bicyclic) bond motifs is 1. The highest BCUT2D eigenvalue weighted by Gasteiger charge is 2.32. The van der Waals surface area contributed by atoms with E-state index in [-0.39, 0.29) is 12.8 Å². The Bertz CT molecular complexity index is 1000. The minimum atomic E-state index is -0.121. The van der Waals surface area contributed by atoms with Crippen molar-refractivity contribution in [3.05, 3.63) is 31.0 Å². The standard InChI is InChI=1S/C22H28N6O/c1-2-3-4-16-5-6-17(11-16)20(7-9-23)28-13-18(12-26-28)21-19-8-10-27(15-29)22(19)25-14-24-21/h8,10,12-14,16-17,20,29H,2-7,11,15H2,1H3/t16?,17?,20-/m1/s1. The third kappa shape index (κ3) is 3.90. The van der Waals surface area contributed by atoms with Crippen LogP contribution < -0.4 is 0 Å². The summed E-state index contributed by atoms with van der Waals surface area (Å²) in [5.41, 5.74) is 2.42. The van der Waals surface area contributed by atoms with Crippen LogP contribution in [0.3, 0.4) is 0 Å². The molecule has 1 fully saturated rings. The van der Waals surface area contributed by atoms with Gasteiger partial charge in [-0.3, -0.25) is 4.68 Å². The second-order valence-corrected chi connectivity index (χ2v) is 8.11. The van der Waals surface area contributed by atoms with Crippen molar-refractivity contribution >= 4 is 11.0 Å². The van der Waals surface area contributed by atoms with E-state index in [4.69, 9.17) is 0 Å². The van der Waals surface area contributed by atoms with Crippen molar-refractivity contribution in [1.29, 1.82) is 5.26 Å². The molecule has 1 aliphatic rings. The highest BCUT2D eigenvalue weighted by Crippen LogP contribution is 2.41. The molecule has 0 amide bonds. The van der Waals surface area contributed by atoms with Crippen LogP contribution in [0.25, 0.3) is 22.3 Å². The lowest BCUT2D eigenvalue weighted by molar-refractivity contribution is 0.215. The fraction of sp³-hybridized carbons (Fsp3) is 0.545. The first-order valence-electron chi connectivity index (χ1n) is 10.6. The molecule has 7 heteroatoms. The van der Waals surface area contributed by atoms with Crippen LogP contribution in [0.1, 0.15) is 57.9 Å². The van der Waals surface area contributed by atoms with Crippen molar-refractivity contribution in [3.63, 3.8) is 0 Å². The third-order valence-corrected chi connectivity index (χ3v) is 6.32. The van der Waals surface area contributed by atoms with Crippen LogP contribution in [-0.4, -0.2) is 29.4 Å². The van der Waals surface area contributed by atoms with Gasteiger partial charge in [0.2, 0.25) is 0 Å². The first-order valence-corrected chi connectivity index (χ1v) is 10.6. The summed E-state index contributed by atoms with van der Waals surface area (Å²) in [7, 11) is 0. The second kappa shape index (κ2) is 8.75. The Morgan fingerprint density at radius 3 is 3.03 bits per heavy atom. The molecule has 0 radical (unpaired) electrons. The molecule has 3 aromatic heterocycles. The van der Waals surface area contributed by atoms with Crippen molar-refractivity contribution < 1.29 is 5.11 Å². The molecule has 2 unspecified atom stereocenters. The fourth-order valence-electron chi connectivity index (χ4n) is 4.78. The zero-order chi connectivity index (χ0) is 20.2. The van der Waals surface area contributed by atoms with Gasteiger partial charge in [0, 0.05) is 23.3 Å². The molecule has 1 saturated carbocycles. The van der Waals surface area contributed by atoms with E-state index in [0.29, 0.717) is 18.0 Å². The Morgan fingerprint density at radius 2 is 2.24 bits per heavy atom. The molecule has 3 aromatic rings. The molecule has 4 rings (SSSR count). The lowest BCUT2D eigenvalue weighted by Gasteiger charge is -2.22. The van der Waals surface area contributed by atoms with Gasteiger partial charge in [-0.25, -0.2) is 9.97 Å². The van der Waals surface area contributed by atoms with Crippen molar-refractivity contribution in [2.45, 2.75) is 64.6 Å². The summed E-state index contributed by atoms with van der Waals surface area (Å²) in [5, 5.41) is 24.4. The topological polar surface area (TPSA) is 92.5 Å². The van der Waals surface area contributed by atoms with Gasteiger partial charge in [-0.1, -0.05) is 32.6 Å². The second-order valence-electron chi connectivity index (χ2n) is 8.11. The maximum Gasteiger partial charge on any atom is 0.145 e. The van der Waals surface area contributed by atoms with Gasteiger partial charge >= 0.3 is 0 Å². The molecule has 0 aromatic carbocycles. The number of aromatic nitrogens is 5. The molecular weight excluding hydrogens is 364 g/mol. The number of hydrogen-bond donors (Lipinski definition) is 1. The molecule has 0 saturated heterocycles. The van der Waals surface area contributed by atoms with Crippen LogP contribution in [-0.2, 0) is 6.73 Å². The van der Waals surface area contributed by atoms with Gasteiger partial charge in [-0.05, 0) is 30.7 Å². The largest absolute Gasteiger partial charge is 0.376 e. The molecule has 7 nitrogen and oxygen atoms in total. The Hall–Kier alpha value is -2.72. The minimum Gasteiger partial charge on any atom is -0.376 e. The van der Waals surface area contributed by atoms with E-state index in [9.17, 15) is 10.4 Å². The number of nitriles is 1. The summed E-state index contributed by atoms with van der Waals surface area (Å²) < 4.78 is 3.65. The summed E-state index contributed by atoms with van der Waals surface area (Å²) in [6.07, 6.45) is 15.1. The maximum atomic E-state index is 9.47. The van der Waals surface area contributed by atoms with E-state index in [1.54, 1.807) is 10.8 Å². The molecule has 1 aliphatic carbocycles. The van der Waals surface area contributed by atoms with E-state index in [2.05, 4.69) is 28.1 Å². The number of rotatable bonds is 8. The van der Waals surface area contributed by atoms with Gasteiger partial charge in [0.05, 0.1) is 30.4 Å². The van der Waals surface area contributed by atoms with Crippen LogP contribution in [0.5, 0.6) is 0 Å². The van der Waals surface area contributed by atoms with Crippen LogP contribution in [0.2, 0.25) is 0 Å². The van der Waals surface area contributed by atoms with E-state index in [1.807, 2.05) is 23.1 Å². The monoisotopic (exact) mass is 392 g/mol. The van der Waals surface area contributed by atoms with Crippen LogP contribution in [0.15, 0.2) is 31.0 Å². The first kappa shape index (κ1) is 19.6. The molecule has 3 atom stereocenters. The smallest absolute Gasteiger partial charge is 0.145 e. The predicted octanol–water partition coefficient (Wildman–Crippen LogP) is 4.31. The van der Waals surface area contributed by atoms with E-state index in [1.165, 1.54) is 44.9 Å². The van der Waals surface area contributed by atoms with E-state index in [0.717, 1.165) is 22.6 Å². The third-order valence-electron chi connectivity index (χ3n) is 6.32. The van der Waals surface area contributed by atoms with Crippen LogP contribution >= 0.6 is 0 Å². The number of hydrogen-bond acceptors (Lipinski definition) is 5. The molecular formula is C22H28N6O. The lowest BCUT2D eigenvalue weighted by atomic mass is 9.93. The van der Waals surface area contributed by atoms with Crippen LogP contribution in [0.4, 0.5) is 0 Å². The van der Waals surface area contributed by atoms with Gasteiger partial charge in [0.15, 0.2) is 0 Å². The number of nitrogens with zero attached hydrogens (tertiary/aromatic N) is 6. The molecule has 0 spiro atoms. The number of aliphatic hydroxyl groups excluding tert-OH is 1. The summed E-state index contributed by atoms with van der Waals surface area (Å²) in [5.74, 6) is 1.29. The highest BCUT2D eigenvalue weighted by atomic mass is 16.3. The Labute approximate surface area is 171 Å². The highest BCUT2D eigenvalue weighted by molar-refractivity contribution is 5.90. The SMILES string of the molecule is CCCCC1CCC([C@@H](CC#N)n2cc(-c3ncnc4c3ccn4CO)cn2)C1. The molecule has 3 heterocycles. The van der Waals surface area contributed by atoms with Crippen molar-refractivity contribution in [2.24, 2.45) is 11.8 Å². The summed E-state index contributed by atoms with van der Waals surface area (Å²) >= 11 is 0. The summed E-state index contributed by atoms with van der Waals surface area (Å²) in [6, 6.07) is 4.40. The van der Waals surface area contributed by atoms with E-state index >= 15 is 0 Å². The number of unbranched alkanes of at least 4 members (excludes halogenated alkanes) is 1. The Balaban J connectivity index is 1.59. The quantitative estimate of drug-likeness (QED) is 0.617. The van der Waals surface area contributed by atoms with Gasteiger partial charge in [-0.15, -0.1) is 0 Å². The molecule has 0 bridgehead atoms. The molecule has 0 aliphatic heterocycles. The Kier molecular flexibility index (Phi) is 5.91. The zero-order valence-electron chi connectivity index (χ0n) is 16.9. The van der Waals surface area contributed by atoms with E-state index < -0.39 is 0 Å². The summed E-state index contributed by atoms with van der Waals surface area (Å²) in [6.45, 7) is 2.12. The lowest BCUT2D eigenvalue weighted by Crippen LogP contribution is -2.18. The fourth-order valence-corrected chi connectivity index (χ4v) is 4.78. The molecule has 152 valence electrons. The van der Waals surface area contributed by atoms with Crippen molar-refractivity contribution in [2.75, 3.05) is 0 Å². The van der Waals surface area contributed by atoms with Crippen molar-refractivity contribution in [1.82, 2.24) is 24.3 Å². The molecule has 1 N–H and O–H groups in total. The van der Waals surface area contributed by atoms with Gasteiger partial charge < -0.3 is 9.67 Å². The van der Waals surface area contributed by atoms with Gasteiger partial charge in [0.25, 0.3) is 0 Å². The summed E-state index contributed by atoms with van der Waals surface area (Å²) in [4.78, 5) is 8.75. The van der Waals surface area contributed by atoms with Crippen LogP contribution in [0, 0.1) is 23.2 Å². The minimum absolute atomic E-state index is 0.111. The first-order chi connectivity index (χ1) is 14.2. The molecule has 29 heavy (non-hydrogen) atoms.